The van der Waals surface area contributed by atoms with Gasteiger partial charge in [0.2, 0.25) is 0 Å². The molecule has 4 atom stereocenters. The lowest BCUT2D eigenvalue weighted by molar-refractivity contribution is -0.0707. The summed E-state index contributed by atoms with van der Waals surface area (Å²) in [5.41, 5.74) is 3.92. The molecule has 1 aromatic carbocycles. The fourth-order valence-electron chi connectivity index (χ4n) is 5.03. The monoisotopic (exact) mass is 312 g/mol. The summed E-state index contributed by atoms with van der Waals surface area (Å²) in [5.74, 6) is 1.63. The molecule has 0 aromatic heterocycles. The number of aliphatic hydroxyl groups is 1. The second-order valence-electron chi connectivity index (χ2n) is 8.07. The lowest BCUT2D eigenvalue weighted by Gasteiger charge is -2.50. The van der Waals surface area contributed by atoms with E-state index in [9.17, 15) is 5.11 Å². The predicted octanol–water partition coefficient (Wildman–Crippen LogP) is 5.63. The largest absolute Gasteiger partial charge is 0.390 e. The fourth-order valence-corrected chi connectivity index (χ4v) is 5.03. The second-order valence-corrected chi connectivity index (χ2v) is 8.07. The molecule has 126 valence electrons. The smallest absolute Gasteiger partial charge is 0.0653 e. The van der Waals surface area contributed by atoms with Crippen LogP contribution in [0, 0.1) is 11.8 Å². The summed E-state index contributed by atoms with van der Waals surface area (Å²) in [6.45, 7) is 8.63. The molecule has 1 nitrogen and oxygen atoms in total. The highest BCUT2D eigenvalue weighted by Gasteiger charge is 2.47. The van der Waals surface area contributed by atoms with E-state index in [0.29, 0.717) is 17.8 Å². The van der Waals surface area contributed by atoms with Crippen LogP contribution in [0.1, 0.15) is 75.8 Å². The first kappa shape index (κ1) is 16.8. The molecule has 1 saturated carbocycles. The van der Waals surface area contributed by atoms with Crippen molar-refractivity contribution < 1.29 is 5.11 Å². The van der Waals surface area contributed by atoms with Gasteiger partial charge in [-0.25, -0.2) is 0 Å². The third kappa shape index (κ3) is 3.40. The minimum absolute atomic E-state index is 0.374. The van der Waals surface area contributed by atoms with Gasteiger partial charge in [0.15, 0.2) is 0 Å². The summed E-state index contributed by atoms with van der Waals surface area (Å²) in [6.07, 6.45) is 9.03. The molecule has 2 aliphatic rings. The summed E-state index contributed by atoms with van der Waals surface area (Å²) in [7, 11) is 0. The van der Waals surface area contributed by atoms with Crippen LogP contribution in [-0.4, -0.2) is 10.7 Å². The van der Waals surface area contributed by atoms with Crippen LogP contribution in [0.15, 0.2) is 36.4 Å². The van der Waals surface area contributed by atoms with Crippen molar-refractivity contribution in [3.05, 3.63) is 47.5 Å². The number of rotatable bonds is 5. The molecule has 1 N–H and O–H groups in total. The molecule has 2 aliphatic carbocycles. The zero-order valence-corrected chi connectivity index (χ0v) is 14.9. The molecule has 1 aromatic rings. The van der Waals surface area contributed by atoms with Gasteiger partial charge in [0.1, 0.15) is 0 Å². The van der Waals surface area contributed by atoms with Crippen LogP contribution in [0.2, 0.25) is 0 Å². The normalized spacial score (nSPS) is 32.9. The Kier molecular flexibility index (Phi) is 4.96. The molecule has 0 radical (unpaired) electrons. The number of benzene rings is 1. The van der Waals surface area contributed by atoms with E-state index >= 15 is 0 Å². The van der Waals surface area contributed by atoms with Crippen LogP contribution < -0.4 is 0 Å². The third-order valence-electron chi connectivity index (χ3n) is 6.39. The maximum Gasteiger partial charge on any atom is 0.0653 e. The van der Waals surface area contributed by atoms with Gasteiger partial charge >= 0.3 is 0 Å². The highest BCUT2D eigenvalue weighted by molar-refractivity contribution is 5.34. The van der Waals surface area contributed by atoms with Crippen molar-refractivity contribution >= 4 is 0 Å². The zero-order valence-electron chi connectivity index (χ0n) is 14.9. The van der Waals surface area contributed by atoms with Gasteiger partial charge in [-0.2, -0.15) is 0 Å². The SMILES string of the molecule is C=C(CCCC)C[C@H]1C2CCc3ccccc3C2CC[C@]1(C)O. The van der Waals surface area contributed by atoms with Crippen LogP contribution in [0.5, 0.6) is 0 Å². The lowest BCUT2D eigenvalue weighted by Crippen LogP contribution is -2.47. The Morgan fingerprint density at radius 3 is 2.87 bits per heavy atom. The third-order valence-corrected chi connectivity index (χ3v) is 6.39. The van der Waals surface area contributed by atoms with Crippen molar-refractivity contribution in [2.75, 3.05) is 0 Å². The van der Waals surface area contributed by atoms with E-state index in [-0.39, 0.29) is 0 Å². The molecule has 0 heterocycles. The van der Waals surface area contributed by atoms with Gasteiger partial charge < -0.3 is 5.11 Å². The first-order valence-corrected chi connectivity index (χ1v) is 9.49. The van der Waals surface area contributed by atoms with E-state index in [0.717, 1.165) is 25.7 Å². The van der Waals surface area contributed by atoms with E-state index in [1.165, 1.54) is 31.3 Å². The Bertz CT molecular complexity index is 557. The number of hydrogen-bond donors (Lipinski definition) is 1. The molecule has 0 saturated heterocycles. The Hall–Kier alpha value is -1.08. The molecule has 23 heavy (non-hydrogen) atoms. The Morgan fingerprint density at radius 2 is 2.09 bits per heavy atom. The van der Waals surface area contributed by atoms with E-state index in [2.05, 4.69) is 44.7 Å². The molecule has 1 heteroatoms. The predicted molar refractivity (Wildman–Crippen MR) is 97.6 cm³/mol. The van der Waals surface area contributed by atoms with Crippen LogP contribution in [0.4, 0.5) is 0 Å². The van der Waals surface area contributed by atoms with Crippen molar-refractivity contribution in [1.82, 2.24) is 0 Å². The van der Waals surface area contributed by atoms with Crippen molar-refractivity contribution in [2.24, 2.45) is 11.8 Å². The Balaban J connectivity index is 1.81. The molecule has 0 amide bonds. The number of fused-ring (bicyclic) bond motifs is 3. The van der Waals surface area contributed by atoms with Crippen LogP contribution in [0.3, 0.4) is 0 Å². The number of allylic oxidation sites excluding steroid dienone is 1. The zero-order chi connectivity index (χ0) is 16.4. The highest BCUT2D eigenvalue weighted by Crippen LogP contribution is 2.53. The first-order valence-electron chi connectivity index (χ1n) is 9.49. The maximum absolute atomic E-state index is 11.1. The van der Waals surface area contributed by atoms with Gasteiger partial charge in [0, 0.05) is 0 Å². The first-order chi connectivity index (χ1) is 11.0. The van der Waals surface area contributed by atoms with Gasteiger partial charge in [-0.1, -0.05) is 49.8 Å². The summed E-state index contributed by atoms with van der Waals surface area (Å²) in [4.78, 5) is 0. The fraction of sp³-hybridized carbons (Fsp3) is 0.636. The van der Waals surface area contributed by atoms with E-state index in [4.69, 9.17) is 0 Å². The van der Waals surface area contributed by atoms with Crippen molar-refractivity contribution in [2.45, 2.75) is 76.7 Å². The van der Waals surface area contributed by atoms with Crippen LogP contribution in [-0.2, 0) is 6.42 Å². The van der Waals surface area contributed by atoms with Gasteiger partial charge in [-0.05, 0) is 80.8 Å². The minimum atomic E-state index is -0.525. The van der Waals surface area contributed by atoms with Crippen LogP contribution in [0.25, 0.3) is 0 Å². The Morgan fingerprint density at radius 1 is 1.30 bits per heavy atom. The van der Waals surface area contributed by atoms with E-state index < -0.39 is 5.60 Å². The topological polar surface area (TPSA) is 20.2 Å². The number of unbranched alkanes of at least 4 members (excludes halogenated alkanes) is 1. The molecular formula is C22H32O. The van der Waals surface area contributed by atoms with E-state index in [1.54, 1.807) is 11.1 Å². The summed E-state index contributed by atoms with van der Waals surface area (Å²) >= 11 is 0. The molecule has 3 rings (SSSR count). The van der Waals surface area contributed by atoms with Crippen molar-refractivity contribution in [3.63, 3.8) is 0 Å². The molecule has 0 aliphatic heterocycles. The Labute approximate surface area is 141 Å². The second kappa shape index (κ2) is 6.81. The van der Waals surface area contributed by atoms with Gasteiger partial charge in [-0.3, -0.25) is 0 Å². The average molecular weight is 312 g/mol. The van der Waals surface area contributed by atoms with Crippen molar-refractivity contribution in [1.29, 1.82) is 0 Å². The van der Waals surface area contributed by atoms with E-state index in [1.807, 2.05) is 0 Å². The summed E-state index contributed by atoms with van der Waals surface area (Å²) in [6, 6.07) is 8.98. The lowest BCUT2D eigenvalue weighted by atomic mass is 9.57. The molecular weight excluding hydrogens is 280 g/mol. The number of hydrogen-bond acceptors (Lipinski definition) is 1. The molecule has 0 bridgehead atoms. The van der Waals surface area contributed by atoms with Crippen LogP contribution >= 0.6 is 0 Å². The van der Waals surface area contributed by atoms with Gasteiger partial charge in [0.25, 0.3) is 0 Å². The summed E-state index contributed by atoms with van der Waals surface area (Å²) < 4.78 is 0. The standard InChI is InChI=1S/C22H32O/c1-4-5-8-16(2)15-21-20-12-11-17-9-6-7-10-18(17)19(20)13-14-22(21,3)23/h6-7,9-10,19-21,23H,2,4-5,8,11-15H2,1,3H3/t19?,20?,21-,22-/m0/s1. The average Bonchev–Trinajstić information content (AvgIpc) is 2.55. The molecule has 2 unspecified atom stereocenters. The summed E-state index contributed by atoms with van der Waals surface area (Å²) in [5, 5.41) is 11.1. The quantitative estimate of drug-likeness (QED) is 0.699. The maximum atomic E-state index is 11.1. The number of aryl methyl sites for hydroxylation is 1. The molecule has 1 fully saturated rings. The van der Waals surface area contributed by atoms with Gasteiger partial charge in [0.05, 0.1) is 5.60 Å². The minimum Gasteiger partial charge on any atom is -0.390 e. The van der Waals surface area contributed by atoms with Crippen molar-refractivity contribution in [3.8, 4) is 0 Å². The molecule has 0 spiro atoms. The highest BCUT2D eigenvalue weighted by atomic mass is 16.3. The van der Waals surface area contributed by atoms with Gasteiger partial charge in [-0.15, -0.1) is 0 Å².